The summed E-state index contributed by atoms with van der Waals surface area (Å²) in [5, 5.41) is 0. The molecule has 5 nitrogen and oxygen atoms in total. The SMILES string of the molecule is CCc1cc2c(cc1C1Cc3ccc(OC)c(OC)c3C=[N+]1C)OCO2. The summed E-state index contributed by atoms with van der Waals surface area (Å²) >= 11 is 0. The van der Waals surface area contributed by atoms with Gasteiger partial charge in [0.05, 0.1) is 19.8 Å². The van der Waals surface area contributed by atoms with Crippen molar-refractivity contribution in [3.05, 3.63) is 46.5 Å². The van der Waals surface area contributed by atoms with Gasteiger partial charge in [0.2, 0.25) is 6.79 Å². The van der Waals surface area contributed by atoms with E-state index in [1.807, 2.05) is 6.07 Å². The molecule has 0 aliphatic carbocycles. The van der Waals surface area contributed by atoms with Gasteiger partial charge in [-0.25, -0.2) is 4.58 Å². The third-order valence-electron chi connectivity index (χ3n) is 5.29. The Morgan fingerprint density at radius 1 is 1.12 bits per heavy atom. The summed E-state index contributed by atoms with van der Waals surface area (Å²) in [6.45, 7) is 2.48. The Morgan fingerprint density at radius 2 is 1.88 bits per heavy atom. The topological polar surface area (TPSA) is 39.9 Å². The monoisotopic (exact) mass is 354 g/mol. The van der Waals surface area contributed by atoms with Crippen molar-refractivity contribution < 1.29 is 23.5 Å². The number of nitrogens with zero attached hydrogens (tertiary/aromatic N) is 1. The summed E-state index contributed by atoms with van der Waals surface area (Å²) in [4.78, 5) is 0. The minimum Gasteiger partial charge on any atom is -0.493 e. The summed E-state index contributed by atoms with van der Waals surface area (Å²) in [5.74, 6) is 3.23. The van der Waals surface area contributed by atoms with Crippen LogP contribution in [-0.2, 0) is 12.8 Å². The molecule has 0 fully saturated rings. The Kier molecular flexibility index (Phi) is 4.23. The quantitative estimate of drug-likeness (QED) is 0.790. The summed E-state index contributed by atoms with van der Waals surface area (Å²) in [5.41, 5.74) is 4.93. The highest BCUT2D eigenvalue weighted by atomic mass is 16.7. The molecule has 0 saturated carbocycles. The second kappa shape index (κ2) is 6.56. The van der Waals surface area contributed by atoms with Crippen LogP contribution in [0.2, 0.25) is 0 Å². The molecule has 0 bridgehead atoms. The number of hydrogen-bond acceptors (Lipinski definition) is 4. The molecule has 0 saturated heterocycles. The van der Waals surface area contributed by atoms with E-state index in [4.69, 9.17) is 18.9 Å². The highest BCUT2D eigenvalue weighted by molar-refractivity contribution is 5.85. The summed E-state index contributed by atoms with van der Waals surface area (Å²) in [6.07, 6.45) is 4.00. The van der Waals surface area contributed by atoms with E-state index in [9.17, 15) is 0 Å². The van der Waals surface area contributed by atoms with Gasteiger partial charge < -0.3 is 18.9 Å². The third-order valence-corrected chi connectivity index (χ3v) is 5.29. The van der Waals surface area contributed by atoms with Crippen molar-refractivity contribution in [3.63, 3.8) is 0 Å². The summed E-state index contributed by atoms with van der Waals surface area (Å²) in [6, 6.07) is 8.61. The molecule has 2 aliphatic rings. The number of ether oxygens (including phenoxy) is 4. The molecule has 5 heteroatoms. The van der Waals surface area contributed by atoms with Crippen LogP contribution in [0.1, 0.15) is 35.2 Å². The molecule has 0 spiro atoms. The van der Waals surface area contributed by atoms with E-state index in [2.05, 4.69) is 43.0 Å². The number of hydrogen-bond donors (Lipinski definition) is 0. The highest BCUT2D eigenvalue weighted by Crippen LogP contribution is 2.41. The fourth-order valence-electron chi connectivity index (χ4n) is 3.90. The average molecular weight is 354 g/mol. The predicted molar refractivity (Wildman–Crippen MR) is 99.3 cm³/mol. The van der Waals surface area contributed by atoms with Crippen molar-refractivity contribution >= 4 is 6.21 Å². The van der Waals surface area contributed by atoms with E-state index in [0.717, 1.165) is 41.4 Å². The second-order valence-corrected chi connectivity index (χ2v) is 6.65. The molecule has 0 aromatic heterocycles. The van der Waals surface area contributed by atoms with E-state index in [-0.39, 0.29) is 6.04 Å². The number of rotatable bonds is 4. The van der Waals surface area contributed by atoms with Crippen molar-refractivity contribution in [2.75, 3.05) is 28.1 Å². The number of fused-ring (bicyclic) bond motifs is 2. The predicted octanol–water partition coefficient (Wildman–Crippen LogP) is 3.35. The van der Waals surface area contributed by atoms with Gasteiger partial charge in [-0.15, -0.1) is 0 Å². The van der Waals surface area contributed by atoms with E-state index in [0.29, 0.717) is 6.79 Å². The molecular weight excluding hydrogens is 330 g/mol. The Hall–Kier alpha value is -2.69. The Balaban J connectivity index is 1.79. The van der Waals surface area contributed by atoms with E-state index >= 15 is 0 Å². The van der Waals surface area contributed by atoms with Crippen LogP contribution in [0.15, 0.2) is 24.3 Å². The largest absolute Gasteiger partial charge is 0.493 e. The van der Waals surface area contributed by atoms with E-state index in [1.165, 1.54) is 16.7 Å². The van der Waals surface area contributed by atoms with Crippen LogP contribution in [0.3, 0.4) is 0 Å². The third kappa shape index (κ3) is 2.59. The smallest absolute Gasteiger partial charge is 0.231 e. The van der Waals surface area contributed by atoms with Crippen molar-refractivity contribution in [1.29, 1.82) is 0 Å². The van der Waals surface area contributed by atoms with E-state index < -0.39 is 0 Å². The molecule has 2 heterocycles. The fourth-order valence-corrected chi connectivity index (χ4v) is 3.90. The molecule has 1 atom stereocenters. The lowest BCUT2D eigenvalue weighted by Gasteiger charge is -2.23. The molecule has 0 amide bonds. The van der Waals surface area contributed by atoms with Gasteiger partial charge >= 0.3 is 0 Å². The van der Waals surface area contributed by atoms with Crippen LogP contribution in [-0.4, -0.2) is 38.9 Å². The van der Waals surface area contributed by atoms with Gasteiger partial charge in [0.15, 0.2) is 35.3 Å². The number of likely N-dealkylation sites (N-methyl/N-ethyl adjacent to an activating group) is 1. The van der Waals surface area contributed by atoms with Gasteiger partial charge in [0.25, 0.3) is 0 Å². The highest BCUT2D eigenvalue weighted by Gasteiger charge is 2.32. The lowest BCUT2D eigenvalue weighted by atomic mass is 9.88. The van der Waals surface area contributed by atoms with Crippen molar-refractivity contribution in [3.8, 4) is 23.0 Å². The summed E-state index contributed by atoms with van der Waals surface area (Å²) in [7, 11) is 5.46. The van der Waals surface area contributed by atoms with Crippen LogP contribution >= 0.6 is 0 Å². The first kappa shape index (κ1) is 16.8. The first-order chi connectivity index (χ1) is 12.7. The Bertz CT molecular complexity index is 888. The molecule has 0 N–H and O–H groups in total. The maximum atomic E-state index is 5.61. The number of aryl methyl sites for hydroxylation is 1. The first-order valence-corrected chi connectivity index (χ1v) is 8.89. The van der Waals surface area contributed by atoms with Crippen molar-refractivity contribution in [2.45, 2.75) is 25.8 Å². The van der Waals surface area contributed by atoms with Crippen LogP contribution in [0.5, 0.6) is 23.0 Å². The normalized spacial score (nSPS) is 17.5. The zero-order valence-electron chi connectivity index (χ0n) is 15.7. The Morgan fingerprint density at radius 3 is 2.58 bits per heavy atom. The Labute approximate surface area is 153 Å². The lowest BCUT2D eigenvalue weighted by Crippen LogP contribution is -2.25. The number of methoxy groups -OCH3 is 2. The molecule has 0 radical (unpaired) electrons. The van der Waals surface area contributed by atoms with Crippen molar-refractivity contribution in [2.24, 2.45) is 0 Å². The van der Waals surface area contributed by atoms with Crippen LogP contribution in [0.25, 0.3) is 0 Å². The van der Waals surface area contributed by atoms with Gasteiger partial charge in [-0.1, -0.05) is 13.0 Å². The molecule has 2 aromatic carbocycles. The van der Waals surface area contributed by atoms with Crippen LogP contribution < -0.4 is 18.9 Å². The van der Waals surface area contributed by atoms with Crippen LogP contribution in [0.4, 0.5) is 0 Å². The summed E-state index contributed by atoms with van der Waals surface area (Å²) < 4.78 is 24.5. The molecule has 136 valence electrons. The second-order valence-electron chi connectivity index (χ2n) is 6.65. The maximum absolute atomic E-state index is 5.61. The fraction of sp³-hybridized carbons (Fsp3) is 0.381. The molecular formula is C21H24NO4+. The molecule has 26 heavy (non-hydrogen) atoms. The maximum Gasteiger partial charge on any atom is 0.231 e. The first-order valence-electron chi connectivity index (χ1n) is 8.89. The molecule has 2 aromatic rings. The molecule has 2 aliphatic heterocycles. The zero-order valence-corrected chi connectivity index (χ0v) is 15.7. The average Bonchev–Trinajstić information content (AvgIpc) is 3.12. The molecule has 4 rings (SSSR count). The van der Waals surface area contributed by atoms with Gasteiger partial charge in [0.1, 0.15) is 7.05 Å². The van der Waals surface area contributed by atoms with Gasteiger partial charge in [-0.2, -0.15) is 0 Å². The number of benzene rings is 2. The van der Waals surface area contributed by atoms with Gasteiger partial charge in [0, 0.05) is 12.0 Å². The van der Waals surface area contributed by atoms with E-state index in [1.54, 1.807) is 14.2 Å². The van der Waals surface area contributed by atoms with Crippen molar-refractivity contribution in [1.82, 2.24) is 0 Å². The van der Waals surface area contributed by atoms with Gasteiger partial charge in [-0.3, -0.25) is 0 Å². The van der Waals surface area contributed by atoms with Crippen LogP contribution in [0, 0.1) is 0 Å². The van der Waals surface area contributed by atoms with Gasteiger partial charge in [-0.05, 0) is 35.7 Å². The zero-order chi connectivity index (χ0) is 18.3. The minimum absolute atomic E-state index is 0.241. The standard InChI is InChI=1S/C21H24NO4/c1-5-13-9-19-20(26-12-25-19)10-15(13)17-8-14-6-7-18(23-3)21(24-4)16(14)11-22(17)2/h6-7,9-11,17H,5,8,12H2,1-4H3/q+1. The molecule has 1 unspecified atom stereocenters. The lowest BCUT2D eigenvalue weighted by molar-refractivity contribution is -0.541. The minimum atomic E-state index is 0.241.